The molecule has 4 heteroatoms. The van der Waals surface area contributed by atoms with Crippen LogP contribution in [0.5, 0.6) is 0 Å². The van der Waals surface area contributed by atoms with E-state index in [1.54, 1.807) is 6.92 Å². The number of carbonyl (C=O) groups is 1. The van der Waals surface area contributed by atoms with Crippen LogP contribution in [0.2, 0.25) is 0 Å². The standard InChI is InChI=1S/C13H28N2O2/c1-7-12(4,5)15-11(16)10(3)17-9-13(6,14)8-2/h10H,7-9,14H2,1-6H3,(H,15,16). The average molecular weight is 244 g/mol. The molecule has 17 heavy (non-hydrogen) atoms. The maximum atomic E-state index is 11.8. The van der Waals surface area contributed by atoms with Crippen molar-refractivity contribution < 1.29 is 9.53 Å². The Labute approximate surface area is 105 Å². The summed E-state index contributed by atoms with van der Waals surface area (Å²) in [6.45, 7) is 12.1. The zero-order valence-corrected chi connectivity index (χ0v) is 12.1. The molecule has 0 aromatic heterocycles. The van der Waals surface area contributed by atoms with E-state index in [1.165, 1.54) is 0 Å². The Morgan fingerprint density at radius 1 is 1.29 bits per heavy atom. The Kier molecular flexibility index (Phi) is 6.13. The average Bonchev–Trinajstić information content (AvgIpc) is 2.25. The van der Waals surface area contributed by atoms with Gasteiger partial charge in [-0.3, -0.25) is 4.79 Å². The van der Waals surface area contributed by atoms with Crippen molar-refractivity contribution in [1.29, 1.82) is 0 Å². The first-order valence-electron chi connectivity index (χ1n) is 6.36. The third kappa shape index (κ3) is 6.64. The lowest BCUT2D eigenvalue weighted by molar-refractivity contribution is -0.134. The Balaban J connectivity index is 4.16. The number of ether oxygens (including phenoxy) is 1. The van der Waals surface area contributed by atoms with E-state index < -0.39 is 6.10 Å². The molecule has 0 aromatic carbocycles. The Morgan fingerprint density at radius 2 is 1.82 bits per heavy atom. The zero-order valence-electron chi connectivity index (χ0n) is 12.1. The molecule has 0 saturated carbocycles. The van der Waals surface area contributed by atoms with Crippen LogP contribution in [0, 0.1) is 0 Å². The number of hydrogen-bond donors (Lipinski definition) is 2. The van der Waals surface area contributed by atoms with Gasteiger partial charge >= 0.3 is 0 Å². The molecule has 0 bridgehead atoms. The molecule has 4 nitrogen and oxygen atoms in total. The smallest absolute Gasteiger partial charge is 0.249 e. The lowest BCUT2D eigenvalue weighted by Gasteiger charge is -2.28. The molecule has 0 heterocycles. The van der Waals surface area contributed by atoms with Gasteiger partial charge < -0.3 is 15.8 Å². The topological polar surface area (TPSA) is 64.3 Å². The van der Waals surface area contributed by atoms with Crippen LogP contribution in [0.1, 0.15) is 54.4 Å². The number of amides is 1. The molecular formula is C13H28N2O2. The maximum Gasteiger partial charge on any atom is 0.249 e. The second-order valence-corrected chi connectivity index (χ2v) is 5.69. The fraction of sp³-hybridized carbons (Fsp3) is 0.923. The number of nitrogens with one attached hydrogen (secondary N) is 1. The molecule has 3 N–H and O–H groups in total. The summed E-state index contributed by atoms with van der Waals surface area (Å²) in [6, 6.07) is 0. The van der Waals surface area contributed by atoms with E-state index >= 15 is 0 Å². The van der Waals surface area contributed by atoms with Gasteiger partial charge in [-0.05, 0) is 40.5 Å². The molecule has 0 spiro atoms. The molecular weight excluding hydrogens is 216 g/mol. The van der Waals surface area contributed by atoms with Gasteiger partial charge in [0.25, 0.3) is 0 Å². The fourth-order valence-corrected chi connectivity index (χ4v) is 1.02. The second kappa shape index (κ2) is 6.36. The minimum Gasteiger partial charge on any atom is -0.367 e. The first-order valence-corrected chi connectivity index (χ1v) is 6.36. The molecule has 0 rings (SSSR count). The summed E-state index contributed by atoms with van der Waals surface area (Å²) in [5.41, 5.74) is 5.41. The third-order valence-electron chi connectivity index (χ3n) is 3.19. The van der Waals surface area contributed by atoms with Gasteiger partial charge in [-0.1, -0.05) is 13.8 Å². The van der Waals surface area contributed by atoms with Gasteiger partial charge in [-0.15, -0.1) is 0 Å². The highest BCUT2D eigenvalue weighted by Gasteiger charge is 2.24. The maximum absolute atomic E-state index is 11.8. The summed E-state index contributed by atoms with van der Waals surface area (Å²) in [4.78, 5) is 11.8. The summed E-state index contributed by atoms with van der Waals surface area (Å²) in [7, 11) is 0. The van der Waals surface area contributed by atoms with Crippen LogP contribution in [-0.4, -0.2) is 29.7 Å². The summed E-state index contributed by atoms with van der Waals surface area (Å²) >= 11 is 0. The fourth-order valence-electron chi connectivity index (χ4n) is 1.02. The van der Waals surface area contributed by atoms with Crippen molar-refractivity contribution in [3.63, 3.8) is 0 Å². The lowest BCUT2D eigenvalue weighted by Crippen LogP contribution is -2.49. The molecule has 0 radical (unpaired) electrons. The Morgan fingerprint density at radius 3 is 2.24 bits per heavy atom. The van der Waals surface area contributed by atoms with E-state index in [0.717, 1.165) is 12.8 Å². The highest BCUT2D eigenvalue weighted by atomic mass is 16.5. The summed E-state index contributed by atoms with van der Waals surface area (Å²) < 4.78 is 5.51. The van der Waals surface area contributed by atoms with E-state index in [1.807, 2.05) is 34.6 Å². The van der Waals surface area contributed by atoms with Crippen LogP contribution in [0.4, 0.5) is 0 Å². The number of carbonyl (C=O) groups excluding carboxylic acids is 1. The van der Waals surface area contributed by atoms with Gasteiger partial charge in [0.2, 0.25) is 5.91 Å². The van der Waals surface area contributed by atoms with Gasteiger partial charge in [0.05, 0.1) is 6.61 Å². The Hall–Kier alpha value is -0.610. The van der Waals surface area contributed by atoms with Crippen LogP contribution in [0.3, 0.4) is 0 Å². The van der Waals surface area contributed by atoms with Crippen molar-refractivity contribution in [2.45, 2.75) is 71.6 Å². The molecule has 0 aliphatic heterocycles. The van der Waals surface area contributed by atoms with E-state index in [2.05, 4.69) is 5.32 Å². The molecule has 0 aromatic rings. The van der Waals surface area contributed by atoms with E-state index in [0.29, 0.717) is 6.61 Å². The predicted molar refractivity (Wildman–Crippen MR) is 70.8 cm³/mol. The molecule has 1 amide bonds. The quantitative estimate of drug-likeness (QED) is 0.718. The van der Waals surface area contributed by atoms with Crippen LogP contribution in [0.15, 0.2) is 0 Å². The minimum absolute atomic E-state index is 0.0799. The third-order valence-corrected chi connectivity index (χ3v) is 3.19. The summed E-state index contributed by atoms with van der Waals surface area (Å²) in [5, 5.41) is 2.96. The molecule has 0 aliphatic carbocycles. The highest BCUT2D eigenvalue weighted by Crippen LogP contribution is 2.10. The second-order valence-electron chi connectivity index (χ2n) is 5.69. The van der Waals surface area contributed by atoms with Crippen molar-refractivity contribution in [3.8, 4) is 0 Å². The van der Waals surface area contributed by atoms with Crippen molar-refractivity contribution >= 4 is 5.91 Å². The van der Waals surface area contributed by atoms with Crippen molar-refractivity contribution in [1.82, 2.24) is 5.32 Å². The summed E-state index contributed by atoms with van der Waals surface area (Å²) in [6.07, 6.45) is 1.24. The molecule has 102 valence electrons. The van der Waals surface area contributed by atoms with E-state index in [4.69, 9.17) is 10.5 Å². The van der Waals surface area contributed by atoms with Gasteiger partial charge in [0.15, 0.2) is 0 Å². The molecule has 2 unspecified atom stereocenters. The molecule has 2 atom stereocenters. The lowest BCUT2D eigenvalue weighted by atomic mass is 10.0. The number of nitrogens with two attached hydrogens (primary N) is 1. The number of hydrogen-bond acceptors (Lipinski definition) is 3. The van der Waals surface area contributed by atoms with Gasteiger partial charge in [-0.2, -0.15) is 0 Å². The first-order chi connectivity index (χ1) is 7.63. The van der Waals surface area contributed by atoms with Crippen molar-refractivity contribution in [2.24, 2.45) is 5.73 Å². The van der Waals surface area contributed by atoms with E-state index in [9.17, 15) is 4.79 Å². The monoisotopic (exact) mass is 244 g/mol. The zero-order chi connectivity index (χ0) is 13.7. The van der Waals surface area contributed by atoms with Gasteiger partial charge in [-0.25, -0.2) is 0 Å². The van der Waals surface area contributed by atoms with E-state index in [-0.39, 0.29) is 17.0 Å². The van der Waals surface area contributed by atoms with Crippen LogP contribution >= 0.6 is 0 Å². The Bertz CT molecular complexity index is 250. The molecule has 0 saturated heterocycles. The van der Waals surface area contributed by atoms with Crippen molar-refractivity contribution in [3.05, 3.63) is 0 Å². The van der Waals surface area contributed by atoms with Crippen LogP contribution in [-0.2, 0) is 9.53 Å². The molecule has 0 fully saturated rings. The van der Waals surface area contributed by atoms with Crippen LogP contribution < -0.4 is 11.1 Å². The first kappa shape index (κ1) is 16.4. The highest BCUT2D eigenvalue weighted by molar-refractivity contribution is 5.81. The molecule has 0 aliphatic rings. The van der Waals surface area contributed by atoms with Gasteiger partial charge in [0.1, 0.15) is 6.10 Å². The SMILES string of the molecule is CCC(C)(N)COC(C)C(=O)NC(C)(C)CC. The normalized spacial score (nSPS) is 17.4. The van der Waals surface area contributed by atoms with Crippen LogP contribution in [0.25, 0.3) is 0 Å². The minimum atomic E-state index is -0.463. The van der Waals surface area contributed by atoms with Gasteiger partial charge in [0, 0.05) is 11.1 Å². The van der Waals surface area contributed by atoms with Crippen molar-refractivity contribution in [2.75, 3.05) is 6.61 Å². The summed E-state index contributed by atoms with van der Waals surface area (Å²) in [5.74, 6) is -0.0799. The largest absolute Gasteiger partial charge is 0.367 e. The predicted octanol–water partition coefficient (Wildman–Crippen LogP) is 1.82. The number of rotatable bonds is 7.